The predicted molar refractivity (Wildman–Crippen MR) is 69.6 cm³/mol. The van der Waals surface area contributed by atoms with Crippen LogP contribution in [-0.2, 0) is 6.42 Å². The Bertz CT molecular complexity index is 644. The van der Waals surface area contributed by atoms with Crippen molar-refractivity contribution in [2.45, 2.75) is 11.3 Å². The molecule has 0 saturated carbocycles. The first-order valence-corrected chi connectivity index (χ1v) is 6.24. The van der Waals surface area contributed by atoms with Crippen LogP contribution in [-0.4, -0.2) is 11.1 Å². The molecule has 0 aromatic heterocycles. The highest BCUT2D eigenvalue weighted by Crippen LogP contribution is 2.34. The maximum Gasteiger partial charge on any atom is 0.335 e. The Morgan fingerprint density at radius 1 is 1.24 bits per heavy atom. The minimum atomic E-state index is -0.876. The highest BCUT2D eigenvalue weighted by Gasteiger charge is 2.11. The van der Waals surface area contributed by atoms with Crippen LogP contribution < -0.4 is 0 Å². The lowest BCUT2D eigenvalue weighted by molar-refractivity contribution is 0.0697. The lowest BCUT2D eigenvalue weighted by Crippen LogP contribution is -1.97. The van der Waals surface area contributed by atoms with Gasteiger partial charge in [0.05, 0.1) is 5.56 Å². The largest absolute Gasteiger partial charge is 0.478 e. The summed E-state index contributed by atoms with van der Waals surface area (Å²) in [4.78, 5) is 12.2. The first kappa shape index (κ1) is 10.4. The van der Waals surface area contributed by atoms with Crippen molar-refractivity contribution < 1.29 is 9.90 Å². The van der Waals surface area contributed by atoms with Crippen LogP contribution in [0.1, 0.15) is 15.9 Å². The van der Waals surface area contributed by atoms with Gasteiger partial charge in [-0.1, -0.05) is 30.0 Å². The quantitative estimate of drug-likeness (QED) is 0.828. The van der Waals surface area contributed by atoms with E-state index >= 15 is 0 Å². The van der Waals surface area contributed by atoms with Gasteiger partial charge in [-0.15, -0.1) is 0 Å². The number of hydrogen-bond donors (Lipinski definition) is 1. The highest BCUT2D eigenvalue weighted by atomic mass is 32.2. The summed E-state index contributed by atoms with van der Waals surface area (Å²) in [5, 5.41) is 13.2. The van der Waals surface area contributed by atoms with Crippen molar-refractivity contribution in [2.75, 3.05) is 0 Å². The topological polar surface area (TPSA) is 37.3 Å². The standard InChI is InChI=1S/C14H10O2S/c15-14(16)10-3-5-11-9(8-10)4-6-13-12(11)2-1-7-17-13/h1,3-8H,2H2,(H,15,16). The van der Waals surface area contributed by atoms with Crippen LogP contribution in [0.2, 0.25) is 0 Å². The molecular weight excluding hydrogens is 232 g/mol. The van der Waals surface area contributed by atoms with Crippen LogP contribution in [0.3, 0.4) is 0 Å². The summed E-state index contributed by atoms with van der Waals surface area (Å²) in [5.74, 6) is -0.876. The van der Waals surface area contributed by atoms with Gasteiger partial charge in [-0.2, -0.15) is 0 Å². The van der Waals surface area contributed by atoms with Crippen LogP contribution in [0.15, 0.2) is 46.7 Å². The minimum absolute atomic E-state index is 0.344. The average Bonchev–Trinajstić information content (AvgIpc) is 2.38. The Hall–Kier alpha value is -1.74. The Morgan fingerprint density at radius 2 is 2.12 bits per heavy atom. The second kappa shape index (κ2) is 3.93. The molecule has 0 atom stereocenters. The molecule has 1 aliphatic heterocycles. The van der Waals surface area contributed by atoms with Gasteiger partial charge in [0.2, 0.25) is 0 Å². The van der Waals surface area contributed by atoms with Gasteiger partial charge in [0.15, 0.2) is 0 Å². The number of hydrogen-bond acceptors (Lipinski definition) is 2. The van der Waals surface area contributed by atoms with E-state index in [2.05, 4.69) is 17.6 Å². The molecule has 0 bridgehead atoms. The molecular formula is C14H10O2S. The third kappa shape index (κ3) is 1.72. The van der Waals surface area contributed by atoms with Crippen LogP contribution in [0.25, 0.3) is 10.8 Å². The number of benzene rings is 2. The molecule has 17 heavy (non-hydrogen) atoms. The van der Waals surface area contributed by atoms with Crippen molar-refractivity contribution in [1.29, 1.82) is 0 Å². The zero-order chi connectivity index (χ0) is 11.8. The maximum absolute atomic E-state index is 10.9. The summed E-state index contributed by atoms with van der Waals surface area (Å²) >= 11 is 1.72. The molecule has 0 radical (unpaired) electrons. The number of allylic oxidation sites excluding steroid dienone is 1. The van der Waals surface area contributed by atoms with E-state index in [9.17, 15) is 4.79 Å². The number of carboxylic acid groups (broad SMARTS) is 1. The Morgan fingerprint density at radius 3 is 2.94 bits per heavy atom. The molecule has 0 unspecified atom stereocenters. The molecule has 3 rings (SSSR count). The normalized spacial score (nSPS) is 13.6. The minimum Gasteiger partial charge on any atom is -0.478 e. The monoisotopic (exact) mass is 242 g/mol. The van der Waals surface area contributed by atoms with Crippen molar-refractivity contribution in [3.63, 3.8) is 0 Å². The molecule has 2 aromatic rings. The third-order valence-electron chi connectivity index (χ3n) is 2.95. The van der Waals surface area contributed by atoms with Gasteiger partial charge in [-0.25, -0.2) is 4.79 Å². The highest BCUT2D eigenvalue weighted by molar-refractivity contribution is 8.02. The smallest absolute Gasteiger partial charge is 0.335 e. The van der Waals surface area contributed by atoms with Crippen molar-refractivity contribution in [3.8, 4) is 0 Å². The van der Waals surface area contributed by atoms with Crippen LogP contribution in [0, 0.1) is 0 Å². The molecule has 0 spiro atoms. The molecule has 1 aliphatic rings. The van der Waals surface area contributed by atoms with E-state index in [0.29, 0.717) is 5.56 Å². The van der Waals surface area contributed by atoms with Gasteiger partial charge in [0.25, 0.3) is 0 Å². The van der Waals surface area contributed by atoms with Gasteiger partial charge >= 0.3 is 5.97 Å². The fourth-order valence-corrected chi connectivity index (χ4v) is 2.94. The third-order valence-corrected chi connectivity index (χ3v) is 3.91. The van der Waals surface area contributed by atoms with Gasteiger partial charge in [-0.05, 0) is 46.4 Å². The fraction of sp³-hybridized carbons (Fsp3) is 0.0714. The number of carboxylic acids is 1. The molecule has 84 valence electrons. The molecule has 2 aromatic carbocycles. The van der Waals surface area contributed by atoms with Crippen LogP contribution >= 0.6 is 11.8 Å². The number of rotatable bonds is 1. The van der Waals surface area contributed by atoms with E-state index in [-0.39, 0.29) is 0 Å². The molecule has 1 N–H and O–H groups in total. The summed E-state index contributed by atoms with van der Waals surface area (Å²) in [6, 6.07) is 9.39. The molecule has 0 aliphatic carbocycles. The van der Waals surface area contributed by atoms with Crippen molar-refractivity contribution in [2.24, 2.45) is 0 Å². The molecule has 1 heterocycles. The summed E-state index contributed by atoms with van der Waals surface area (Å²) in [6.07, 6.45) is 3.06. The van der Waals surface area contributed by atoms with Crippen molar-refractivity contribution >= 4 is 28.5 Å². The molecule has 0 saturated heterocycles. The van der Waals surface area contributed by atoms with Crippen molar-refractivity contribution in [3.05, 3.63) is 52.9 Å². The van der Waals surface area contributed by atoms with Gasteiger partial charge in [0, 0.05) is 4.90 Å². The van der Waals surface area contributed by atoms with Gasteiger partial charge in [0.1, 0.15) is 0 Å². The number of carbonyl (C=O) groups is 1. The number of thioether (sulfide) groups is 1. The van der Waals surface area contributed by atoms with E-state index in [1.165, 1.54) is 10.5 Å². The summed E-state index contributed by atoms with van der Waals surface area (Å²) in [6.45, 7) is 0. The van der Waals surface area contributed by atoms with Crippen LogP contribution in [0.5, 0.6) is 0 Å². The second-order valence-electron chi connectivity index (χ2n) is 3.98. The second-order valence-corrected chi connectivity index (χ2v) is 4.92. The van der Waals surface area contributed by atoms with E-state index in [1.54, 1.807) is 23.9 Å². The first-order valence-electron chi connectivity index (χ1n) is 5.36. The number of aromatic carboxylic acids is 1. The average molecular weight is 242 g/mol. The van der Waals surface area contributed by atoms with E-state index in [4.69, 9.17) is 5.11 Å². The first-order chi connectivity index (χ1) is 8.25. The van der Waals surface area contributed by atoms with E-state index < -0.39 is 5.97 Å². The summed E-state index contributed by atoms with van der Waals surface area (Å²) in [7, 11) is 0. The van der Waals surface area contributed by atoms with Gasteiger partial charge < -0.3 is 5.11 Å². The zero-order valence-corrected chi connectivity index (χ0v) is 9.83. The Balaban J connectivity index is 2.25. The predicted octanol–water partition coefficient (Wildman–Crippen LogP) is 3.70. The van der Waals surface area contributed by atoms with E-state index in [1.807, 2.05) is 12.1 Å². The van der Waals surface area contributed by atoms with E-state index in [0.717, 1.165) is 17.2 Å². The molecule has 0 amide bonds. The summed E-state index contributed by atoms with van der Waals surface area (Å²) < 4.78 is 0. The van der Waals surface area contributed by atoms with Crippen LogP contribution in [0.4, 0.5) is 0 Å². The number of fused-ring (bicyclic) bond motifs is 3. The Kier molecular flexibility index (Phi) is 2.41. The molecule has 0 fully saturated rings. The fourth-order valence-electron chi connectivity index (χ4n) is 2.12. The summed E-state index contributed by atoms with van der Waals surface area (Å²) in [5.41, 5.74) is 1.64. The molecule has 2 nitrogen and oxygen atoms in total. The van der Waals surface area contributed by atoms with Gasteiger partial charge in [-0.3, -0.25) is 0 Å². The lowest BCUT2D eigenvalue weighted by Gasteiger charge is -2.13. The zero-order valence-electron chi connectivity index (χ0n) is 9.01. The maximum atomic E-state index is 10.9. The SMILES string of the molecule is O=C(O)c1ccc2c3c(ccc2c1)SC=CC3. The molecule has 3 heteroatoms. The van der Waals surface area contributed by atoms with Crippen molar-refractivity contribution in [1.82, 2.24) is 0 Å². The Labute approximate surface area is 103 Å². The lowest BCUT2D eigenvalue weighted by atomic mass is 10.00.